The maximum atomic E-state index is 11.9. The highest BCUT2D eigenvalue weighted by atomic mass is 16.1. The maximum absolute atomic E-state index is 11.9. The molecule has 0 atom stereocenters. The van der Waals surface area contributed by atoms with Crippen LogP contribution >= 0.6 is 0 Å². The van der Waals surface area contributed by atoms with Gasteiger partial charge in [0.2, 0.25) is 0 Å². The van der Waals surface area contributed by atoms with E-state index in [1.807, 2.05) is 0 Å². The summed E-state index contributed by atoms with van der Waals surface area (Å²) in [6.07, 6.45) is 0. The fourth-order valence-corrected chi connectivity index (χ4v) is 1.48. The molecule has 0 aliphatic carbocycles. The molecule has 0 unspecified atom stereocenters. The lowest BCUT2D eigenvalue weighted by Crippen LogP contribution is -2.12. The van der Waals surface area contributed by atoms with Gasteiger partial charge in [-0.25, -0.2) is 0 Å². The first-order chi connectivity index (χ1) is 8.15. The zero-order valence-electron chi connectivity index (χ0n) is 9.10. The van der Waals surface area contributed by atoms with Crippen LogP contribution in [-0.4, -0.2) is 5.91 Å². The average molecular weight is 226 g/mol. The molecule has 0 aliphatic rings. The van der Waals surface area contributed by atoms with Gasteiger partial charge in [-0.3, -0.25) is 4.79 Å². The lowest BCUT2D eigenvalue weighted by atomic mass is 10.1. The summed E-state index contributed by atoms with van der Waals surface area (Å²) in [4.78, 5) is 11.9. The van der Waals surface area contributed by atoms with E-state index in [1.54, 1.807) is 42.5 Å². The number of carbonyl (C=O) groups is 1. The molecule has 0 bridgehead atoms. The van der Waals surface area contributed by atoms with Crippen LogP contribution in [0.15, 0.2) is 42.5 Å². The molecular formula is C13H12N3O. The number of nitrogen functional groups attached to an aromatic ring is 2. The molecule has 2 aromatic rings. The van der Waals surface area contributed by atoms with E-state index in [9.17, 15) is 4.79 Å². The average Bonchev–Trinajstić information content (AvgIpc) is 2.29. The van der Waals surface area contributed by atoms with Crippen LogP contribution in [-0.2, 0) is 0 Å². The molecule has 0 heterocycles. The quantitative estimate of drug-likeness (QED) is 0.684. The lowest BCUT2D eigenvalue weighted by molar-refractivity contribution is 0.102. The minimum Gasteiger partial charge on any atom is -0.399 e. The van der Waals surface area contributed by atoms with Crippen LogP contribution in [0.25, 0.3) is 0 Å². The van der Waals surface area contributed by atoms with Crippen LogP contribution in [0.3, 0.4) is 0 Å². The Hall–Kier alpha value is -2.49. The van der Waals surface area contributed by atoms with E-state index >= 15 is 0 Å². The van der Waals surface area contributed by atoms with Crippen molar-refractivity contribution in [3.05, 3.63) is 54.1 Å². The molecule has 5 N–H and O–H groups in total. The SMILES string of the molecule is Nc1cc(N)cc(C(=O)Nc2cc[c]cc2)c1. The van der Waals surface area contributed by atoms with Gasteiger partial charge >= 0.3 is 0 Å². The van der Waals surface area contributed by atoms with E-state index in [0.29, 0.717) is 22.6 Å². The van der Waals surface area contributed by atoms with Crippen molar-refractivity contribution in [2.75, 3.05) is 16.8 Å². The molecule has 1 amide bonds. The van der Waals surface area contributed by atoms with Gasteiger partial charge in [-0.1, -0.05) is 12.1 Å². The number of nitrogens with two attached hydrogens (primary N) is 2. The van der Waals surface area contributed by atoms with E-state index in [0.717, 1.165) is 0 Å². The predicted octanol–water partition coefficient (Wildman–Crippen LogP) is 1.90. The molecular weight excluding hydrogens is 214 g/mol. The van der Waals surface area contributed by atoms with Crippen molar-refractivity contribution in [1.82, 2.24) is 0 Å². The lowest BCUT2D eigenvalue weighted by Gasteiger charge is -2.06. The zero-order valence-corrected chi connectivity index (χ0v) is 9.10. The van der Waals surface area contributed by atoms with Crippen LogP contribution in [0.5, 0.6) is 0 Å². The van der Waals surface area contributed by atoms with Gasteiger partial charge in [-0.2, -0.15) is 0 Å². The number of rotatable bonds is 2. The molecule has 0 aliphatic heterocycles. The molecule has 0 spiro atoms. The first-order valence-electron chi connectivity index (χ1n) is 5.08. The van der Waals surface area contributed by atoms with E-state index in [4.69, 9.17) is 11.5 Å². The number of benzene rings is 2. The van der Waals surface area contributed by atoms with E-state index in [1.165, 1.54) is 0 Å². The van der Waals surface area contributed by atoms with Crippen molar-refractivity contribution in [2.45, 2.75) is 0 Å². The van der Waals surface area contributed by atoms with Crippen molar-refractivity contribution in [3.63, 3.8) is 0 Å². The Balaban J connectivity index is 2.20. The summed E-state index contributed by atoms with van der Waals surface area (Å²) in [6.45, 7) is 0. The van der Waals surface area contributed by atoms with Gasteiger partial charge in [0.05, 0.1) is 0 Å². The monoisotopic (exact) mass is 226 g/mol. The van der Waals surface area contributed by atoms with Gasteiger partial charge < -0.3 is 16.8 Å². The third kappa shape index (κ3) is 2.75. The predicted molar refractivity (Wildman–Crippen MR) is 68.5 cm³/mol. The molecule has 4 nitrogen and oxygen atoms in total. The standard InChI is InChI=1S/C13H12N3O/c14-10-6-9(7-11(15)8-10)13(17)16-12-4-2-1-3-5-12/h2-8H,14-15H2,(H,16,17). The molecule has 0 saturated carbocycles. The third-order valence-corrected chi connectivity index (χ3v) is 2.22. The Morgan fingerprint density at radius 2 is 1.65 bits per heavy atom. The Labute approximate surface area is 99.2 Å². The van der Waals surface area contributed by atoms with Gasteiger partial charge in [-0.05, 0) is 36.4 Å². The molecule has 1 radical (unpaired) electrons. The summed E-state index contributed by atoms with van der Waals surface area (Å²) < 4.78 is 0. The van der Waals surface area contributed by atoms with Crippen molar-refractivity contribution in [1.29, 1.82) is 0 Å². The topological polar surface area (TPSA) is 81.1 Å². The minimum atomic E-state index is -0.241. The fraction of sp³-hybridized carbons (Fsp3) is 0. The van der Waals surface area contributed by atoms with Crippen molar-refractivity contribution in [3.8, 4) is 0 Å². The van der Waals surface area contributed by atoms with Gasteiger partial charge in [0, 0.05) is 22.6 Å². The minimum absolute atomic E-state index is 0.241. The highest BCUT2D eigenvalue weighted by molar-refractivity contribution is 6.05. The highest BCUT2D eigenvalue weighted by Gasteiger charge is 2.07. The summed E-state index contributed by atoms with van der Waals surface area (Å²) in [5.74, 6) is -0.241. The number of anilines is 3. The Morgan fingerprint density at radius 1 is 1.06 bits per heavy atom. The summed E-state index contributed by atoms with van der Waals surface area (Å²) in [7, 11) is 0. The Morgan fingerprint density at radius 3 is 2.24 bits per heavy atom. The van der Waals surface area contributed by atoms with Gasteiger partial charge in [0.15, 0.2) is 0 Å². The molecule has 17 heavy (non-hydrogen) atoms. The normalized spacial score (nSPS) is 9.88. The number of nitrogens with one attached hydrogen (secondary N) is 1. The van der Waals surface area contributed by atoms with Crippen LogP contribution in [0, 0.1) is 6.07 Å². The first-order valence-corrected chi connectivity index (χ1v) is 5.08. The van der Waals surface area contributed by atoms with Crippen LogP contribution in [0.1, 0.15) is 10.4 Å². The zero-order chi connectivity index (χ0) is 12.3. The number of carbonyl (C=O) groups excluding carboxylic acids is 1. The van der Waals surface area contributed by atoms with Crippen molar-refractivity contribution >= 4 is 23.0 Å². The van der Waals surface area contributed by atoms with Crippen molar-refractivity contribution < 1.29 is 4.79 Å². The summed E-state index contributed by atoms with van der Waals surface area (Å²) in [6, 6.07) is 14.6. The van der Waals surface area contributed by atoms with Gasteiger partial charge in [0.1, 0.15) is 0 Å². The van der Waals surface area contributed by atoms with Crippen LogP contribution in [0.2, 0.25) is 0 Å². The largest absolute Gasteiger partial charge is 0.399 e. The number of hydrogen-bond acceptors (Lipinski definition) is 3. The second kappa shape index (κ2) is 4.57. The molecule has 4 heteroatoms. The molecule has 0 fully saturated rings. The van der Waals surface area contributed by atoms with E-state index in [2.05, 4.69) is 11.4 Å². The number of amides is 1. The molecule has 2 rings (SSSR count). The first kappa shape index (κ1) is 11.0. The second-order valence-electron chi connectivity index (χ2n) is 3.63. The third-order valence-electron chi connectivity index (χ3n) is 2.22. The summed E-state index contributed by atoms with van der Waals surface area (Å²) in [5, 5.41) is 2.74. The highest BCUT2D eigenvalue weighted by Crippen LogP contribution is 2.15. The Kier molecular flexibility index (Phi) is 2.96. The van der Waals surface area contributed by atoms with E-state index < -0.39 is 0 Å². The van der Waals surface area contributed by atoms with Crippen molar-refractivity contribution in [2.24, 2.45) is 0 Å². The number of hydrogen-bond donors (Lipinski definition) is 3. The summed E-state index contributed by atoms with van der Waals surface area (Å²) in [5.41, 5.74) is 13.3. The second-order valence-corrected chi connectivity index (χ2v) is 3.63. The fourth-order valence-electron chi connectivity index (χ4n) is 1.48. The molecule has 85 valence electrons. The smallest absolute Gasteiger partial charge is 0.255 e. The summed E-state index contributed by atoms with van der Waals surface area (Å²) >= 11 is 0. The molecule has 0 saturated heterocycles. The van der Waals surface area contributed by atoms with Gasteiger partial charge in [-0.15, -0.1) is 0 Å². The van der Waals surface area contributed by atoms with Gasteiger partial charge in [0.25, 0.3) is 5.91 Å². The molecule has 0 aromatic heterocycles. The van der Waals surface area contributed by atoms with Crippen LogP contribution < -0.4 is 16.8 Å². The maximum Gasteiger partial charge on any atom is 0.255 e. The molecule has 2 aromatic carbocycles. The van der Waals surface area contributed by atoms with Crippen LogP contribution in [0.4, 0.5) is 17.1 Å². The van der Waals surface area contributed by atoms with E-state index in [-0.39, 0.29) is 5.91 Å². The Bertz CT molecular complexity index is 517.